The van der Waals surface area contributed by atoms with Gasteiger partial charge >= 0.3 is 5.97 Å². The van der Waals surface area contributed by atoms with E-state index in [0.29, 0.717) is 26.1 Å². The van der Waals surface area contributed by atoms with Crippen molar-refractivity contribution in [1.29, 1.82) is 0 Å². The number of rotatable bonds is 6. The molecule has 4 rings (SSSR count). The Morgan fingerprint density at radius 1 is 1.00 bits per heavy atom. The van der Waals surface area contributed by atoms with E-state index in [4.69, 9.17) is 9.47 Å². The first kappa shape index (κ1) is 24.3. The van der Waals surface area contributed by atoms with Crippen molar-refractivity contribution in [3.63, 3.8) is 0 Å². The van der Waals surface area contributed by atoms with Gasteiger partial charge in [-0.05, 0) is 69.5 Å². The van der Waals surface area contributed by atoms with Crippen LogP contribution in [0.1, 0.15) is 47.1 Å². The molecule has 1 fully saturated rings. The minimum atomic E-state index is -0.0934. The molecule has 182 valence electrons. The number of nitrogens with zero attached hydrogens (tertiary/aromatic N) is 2. The van der Waals surface area contributed by atoms with Gasteiger partial charge in [0.25, 0.3) is 0 Å². The van der Waals surface area contributed by atoms with E-state index in [9.17, 15) is 9.59 Å². The van der Waals surface area contributed by atoms with Gasteiger partial charge in [0.15, 0.2) is 0 Å². The lowest BCUT2D eigenvalue weighted by atomic mass is 9.96. The van der Waals surface area contributed by atoms with Crippen molar-refractivity contribution in [2.45, 2.75) is 52.6 Å². The average molecular weight is 465 g/mol. The van der Waals surface area contributed by atoms with Gasteiger partial charge < -0.3 is 14.4 Å². The molecule has 2 aliphatic heterocycles. The van der Waals surface area contributed by atoms with Crippen molar-refractivity contribution in [2.75, 3.05) is 33.4 Å². The summed E-state index contributed by atoms with van der Waals surface area (Å²) in [4.78, 5) is 29.1. The summed E-state index contributed by atoms with van der Waals surface area (Å²) in [5, 5.41) is 0. The first-order valence-electron chi connectivity index (χ1n) is 12.3. The highest BCUT2D eigenvalue weighted by atomic mass is 16.5. The Morgan fingerprint density at radius 3 is 2.44 bits per heavy atom. The lowest BCUT2D eigenvalue weighted by Gasteiger charge is -2.30. The molecular weight excluding hydrogens is 428 g/mol. The summed E-state index contributed by atoms with van der Waals surface area (Å²) < 4.78 is 10.9. The molecule has 34 heavy (non-hydrogen) atoms. The fraction of sp³-hybridized carbons (Fsp3) is 0.500. The number of amides is 1. The van der Waals surface area contributed by atoms with E-state index in [1.54, 1.807) is 0 Å². The number of carbonyl (C=O) groups is 2. The van der Waals surface area contributed by atoms with Gasteiger partial charge in [0.05, 0.1) is 19.6 Å². The summed E-state index contributed by atoms with van der Waals surface area (Å²) in [6, 6.07) is 12.8. The van der Waals surface area contributed by atoms with Crippen LogP contribution in [0.2, 0.25) is 0 Å². The highest BCUT2D eigenvalue weighted by Gasteiger charge is 2.26. The van der Waals surface area contributed by atoms with Gasteiger partial charge in [-0.3, -0.25) is 14.5 Å². The van der Waals surface area contributed by atoms with Gasteiger partial charge in [-0.2, -0.15) is 0 Å². The van der Waals surface area contributed by atoms with Crippen LogP contribution in [0.5, 0.6) is 5.75 Å². The largest absolute Gasteiger partial charge is 0.491 e. The van der Waals surface area contributed by atoms with Gasteiger partial charge in [-0.25, -0.2) is 0 Å². The first-order chi connectivity index (χ1) is 16.4. The third-order valence-electron chi connectivity index (χ3n) is 6.89. The molecule has 0 atom stereocenters. The van der Waals surface area contributed by atoms with Crippen LogP contribution in [0, 0.1) is 19.8 Å². The number of hydrogen-bond donors (Lipinski definition) is 0. The van der Waals surface area contributed by atoms with Crippen LogP contribution in [0.25, 0.3) is 0 Å². The molecule has 2 aromatic carbocycles. The van der Waals surface area contributed by atoms with Crippen molar-refractivity contribution < 1.29 is 19.1 Å². The maximum atomic E-state index is 13.0. The highest BCUT2D eigenvalue weighted by Crippen LogP contribution is 2.27. The molecule has 1 amide bonds. The number of fused-ring (bicyclic) bond motifs is 1. The molecular formula is C28H36N2O4. The number of likely N-dealkylation sites (tertiary alicyclic amines) is 1. The summed E-state index contributed by atoms with van der Waals surface area (Å²) >= 11 is 0. The topological polar surface area (TPSA) is 59.1 Å². The molecule has 0 bridgehead atoms. The van der Waals surface area contributed by atoms with E-state index in [-0.39, 0.29) is 17.8 Å². The van der Waals surface area contributed by atoms with E-state index in [0.717, 1.165) is 50.2 Å². The summed E-state index contributed by atoms with van der Waals surface area (Å²) in [7, 11) is 1.46. The number of ether oxygens (including phenoxy) is 2. The molecule has 0 spiro atoms. The maximum absolute atomic E-state index is 13.0. The fourth-order valence-electron chi connectivity index (χ4n) is 5.13. The van der Waals surface area contributed by atoms with Crippen LogP contribution in [0.3, 0.4) is 0 Å². The van der Waals surface area contributed by atoms with Crippen LogP contribution in [0.15, 0.2) is 36.4 Å². The molecule has 0 aromatic heterocycles. The Hall–Kier alpha value is -2.86. The number of methoxy groups -OCH3 is 1. The second kappa shape index (κ2) is 11.0. The number of aryl methyl sites for hydroxylation is 3. The number of piperidine rings is 1. The third-order valence-corrected chi connectivity index (χ3v) is 6.89. The Kier molecular flexibility index (Phi) is 7.88. The monoisotopic (exact) mass is 464 g/mol. The number of carbonyl (C=O) groups excluding carboxylic acids is 2. The SMILES string of the molecule is COC(=O)C1CCN(Cc2ccc3c(c2)CN(C(=O)CCc2cc(C)cc(C)c2)CCO3)CC1. The summed E-state index contributed by atoms with van der Waals surface area (Å²) in [5.41, 5.74) is 5.97. The van der Waals surface area contributed by atoms with Crippen LogP contribution in [0.4, 0.5) is 0 Å². The van der Waals surface area contributed by atoms with Crippen molar-refractivity contribution in [1.82, 2.24) is 9.80 Å². The zero-order valence-electron chi connectivity index (χ0n) is 20.6. The molecule has 1 saturated heterocycles. The van der Waals surface area contributed by atoms with Crippen molar-refractivity contribution in [3.8, 4) is 5.75 Å². The van der Waals surface area contributed by atoms with Crippen LogP contribution in [-0.2, 0) is 33.8 Å². The van der Waals surface area contributed by atoms with E-state index in [1.165, 1.54) is 29.4 Å². The van der Waals surface area contributed by atoms with E-state index >= 15 is 0 Å². The Balaban J connectivity index is 1.35. The molecule has 0 unspecified atom stereocenters. The van der Waals surface area contributed by atoms with Crippen molar-refractivity contribution in [2.24, 2.45) is 5.92 Å². The van der Waals surface area contributed by atoms with Crippen molar-refractivity contribution >= 4 is 11.9 Å². The lowest BCUT2D eigenvalue weighted by molar-refractivity contribution is -0.147. The second-order valence-corrected chi connectivity index (χ2v) is 9.68. The molecule has 0 N–H and O–H groups in total. The molecule has 6 nitrogen and oxygen atoms in total. The lowest BCUT2D eigenvalue weighted by Crippen LogP contribution is -2.36. The summed E-state index contributed by atoms with van der Waals surface area (Å²) in [5.74, 6) is 0.970. The summed E-state index contributed by atoms with van der Waals surface area (Å²) in [6.07, 6.45) is 2.94. The Bertz CT molecular complexity index is 1010. The molecule has 6 heteroatoms. The van der Waals surface area contributed by atoms with Gasteiger partial charge in [0, 0.05) is 25.1 Å². The predicted molar refractivity (Wildman–Crippen MR) is 132 cm³/mol. The standard InChI is InChI=1S/C28H36N2O4/c1-20-14-21(2)16-22(15-20)5-7-27(31)30-12-13-34-26-6-4-23(17-25(26)19-30)18-29-10-8-24(9-11-29)28(32)33-3/h4,6,14-17,24H,5,7-13,18-19H2,1-3H3. The van der Waals surface area contributed by atoms with E-state index < -0.39 is 0 Å². The normalized spacial score (nSPS) is 17.0. The van der Waals surface area contributed by atoms with Crippen molar-refractivity contribution in [3.05, 3.63) is 64.2 Å². The quantitative estimate of drug-likeness (QED) is 0.604. The zero-order valence-corrected chi connectivity index (χ0v) is 20.6. The summed E-state index contributed by atoms with van der Waals surface area (Å²) in [6.45, 7) is 8.51. The predicted octanol–water partition coefficient (Wildman–Crippen LogP) is 4.04. The molecule has 0 aliphatic carbocycles. The molecule has 2 aliphatic rings. The average Bonchev–Trinajstić information content (AvgIpc) is 3.04. The second-order valence-electron chi connectivity index (χ2n) is 9.68. The maximum Gasteiger partial charge on any atom is 0.308 e. The third kappa shape index (κ3) is 6.17. The van der Waals surface area contributed by atoms with Gasteiger partial charge in [0.1, 0.15) is 12.4 Å². The molecule has 2 aromatic rings. The minimum Gasteiger partial charge on any atom is -0.491 e. The van der Waals surface area contributed by atoms with E-state index in [1.807, 2.05) is 11.0 Å². The zero-order chi connectivity index (χ0) is 24.1. The van der Waals surface area contributed by atoms with Crippen LogP contribution >= 0.6 is 0 Å². The first-order valence-corrected chi connectivity index (χ1v) is 12.3. The molecule has 2 heterocycles. The van der Waals surface area contributed by atoms with Crippen LogP contribution < -0.4 is 4.74 Å². The van der Waals surface area contributed by atoms with Gasteiger partial charge in [-0.1, -0.05) is 35.4 Å². The smallest absolute Gasteiger partial charge is 0.308 e. The van der Waals surface area contributed by atoms with E-state index in [2.05, 4.69) is 49.1 Å². The Labute approximate surface area is 202 Å². The minimum absolute atomic E-state index is 0.0185. The highest BCUT2D eigenvalue weighted by molar-refractivity contribution is 5.76. The Morgan fingerprint density at radius 2 is 1.74 bits per heavy atom. The van der Waals surface area contributed by atoms with Crippen LogP contribution in [-0.4, -0.2) is 55.0 Å². The number of esters is 1. The molecule has 0 saturated carbocycles. The number of benzene rings is 2. The molecule has 0 radical (unpaired) electrons. The fourth-order valence-corrected chi connectivity index (χ4v) is 5.13. The van der Waals surface area contributed by atoms with Gasteiger partial charge in [-0.15, -0.1) is 0 Å². The van der Waals surface area contributed by atoms with Gasteiger partial charge in [0.2, 0.25) is 5.91 Å². The number of hydrogen-bond acceptors (Lipinski definition) is 5.